The first-order chi connectivity index (χ1) is 13.2. The molecule has 4 rings (SSSR count). The van der Waals surface area contributed by atoms with Gasteiger partial charge in [0.2, 0.25) is 4.96 Å². The van der Waals surface area contributed by atoms with Crippen LogP contribution < -0.4 is 19.6 Å². The number of ether oxygens (including phenoxy) is 2. The van der Waals surface area contributed by atoms with Gasteiger partial charge in [-0.05, 0) is 35.7 Å². The van der Waals surface area contributed by atoms with Gasteiger partial charge < -0.3 is 9.47 Å². The van der Waals surface area contributed by atoms with Gasteiger partial charge >= 0.3 is 0 Å². The lowest BCUT2D eigenvalue weighted by Gasteiger charge is -2.09. The van der Waals surface area contributed by atoms with Crippen LogP contribution in [0, 0.1) is 0 Å². The van der Waals surface area contributed by atoms with E-state index >= 15 is 0 Å². The van der Waals surface area contributed by atoms with Crippen molar-refractivity contribution >= 4 is 45.9 Å². The molecule has 0 fully saturated rings. The van der Waals surface area contributed by atoms with Crippen LogP contribution in [0.5, 0.6) is 11.5 Å². The van der Waals surface area contributed by atoms with Gasteiger partial charge in [-0.25, -0.2) is 0 Å². The van der Waals surface area contributed by atoms with E-state index < -0.39 is 0 Å². The summed E-state index contributed by atoms with van der Waals surface area (Å²) in [5.74, 6) is 1.70. The molecule has 0 N–H and O–H groups in total. The number of hydrogen-bond donors (Lipinski definition) is 0. The fourth-order valence-corrected chi connectivity index (χ4v) is 4.15. The van der Waals surface area contributed by atoms with E-state index in [0.717, 1.165) is 10.4 Å². The molecule has 0 saturated carbocycles. The minimum atomic E-state index is -0.205. The smallest absolute Gasteiger partial charge is 0.291 e. The van der Waals surface area contributed by atoms with Crippen molar-refractivity contribution in [2.45, 2.75) is 0 Å². The first-order valence-electron chi connectivity index (χ1n) is 8.03. The van der Waals surface area contributed by atoms with Crippen molar-refractivity contribution in [3.63, 3.8) is 0 Å². The summed E-state index contributed by atoms with van der Waals surface area (Å²) in [6.45, 7) is 0. The standard InChI is InChI=1S/C19H15N3O3S2/c1-24-14-7-3-5-12(17(14)25-2)11-15-18(23)22-19(27-15)20-16(21-22)9-8-13-6-4-10-26-13/h3-11H,1-2H3/b9-8+,15-11-. The van der Waals surface area contributed by atoms with Gasteiger partial charge in [-0.15, -0.1) is 16.4 Å². The van der Waals surface area contributed by atoms with E-state index in [9.17, 15) is 4.79 Å². The van der Waals surface area contributed by atoms with Gasteiger partial charge in [0.15, 0.2) is 17.3 Å². The molecule has 27 heavy (non-hydrogen) atoms. The number of thiophene rings is 1. The number of methoxy groups -OCH3 is 2. The number of rotatable bonds is 5. The van der Waals surface area contributed by atoms with E-state index in [1.807, 2.05) is 41.8 Å². The molecule has 0 aliphatic rings. The highest BCUT2D eigenvalue weighted by atomic mass is 32.1. The molecule has 1 aromatic carbocycles. The number of para-hydroxylation sites is 1. The molecular formula is C19H15N3O3S2. The highest BCUT2D eigenvalue weighted by Gasteiger charge is 2.11. The molecule has 0 unspecified atom stereocenters. The third kappa shape index (κ3) is 3.36. The summed E-state index contributed by atoms with van der Waals surface area (Å²) in [6, 6.07) is 9.51. The molecule has 0 aliphatic heterocycles. The lowest BCUT2D eigenvalue weighted by molar-refractivity contribution is 0.354. The summed E-state index contributed by atoms with van der Waals surface area (Å²) in [4.78, 5) is 18.8. The summed E-state index contributed by atoms with van der Waals surface area (Å²) in [5, 5.41) is 6.30. The van der Waals surface area contributed by atoms with Crippen LogP contribution in [0.4, 0.5) is 0 Å². The molecule has 136 valence electrons. The number of fused-ring (bicyclic) bond motifs is 1. The summed E-state index contributed by atoms with van der Waals surface area (Å²) in [7, 11) is 3.15. The number of hydrogen-bond acceptors (Lipinski definition) is 7. The lowest BCUT2D eigenvalue weighted by atomic mass is 10.2. The van der Waals surface area contributed by atoms with Gasteiger partial charge in [0.05, 0.1) is 18.8 Å². The third-order valence-electron chi connectivity index (χ3n) is 3.86. The van der Waals surface area contributed by atoms with Crippen LogP contribution in [-0.4, -0.2) is 28.8 Å². The van der Waals surface area contributed by atoms with Crippen molar-refractivity contribution in [2.24, 2.45) is 0 Å². The quantitative estimate of drug-likeness (QED) is 0.518. The van der Waals surface area contributed by atoms with Crippen LogP contribution in [0.3, 0.4) is 0 Å². The van der Waals surface area contributed by atoms with E-state index in [0.29, 0.717) is 26.8 Å². The molecule has 0 aliphatic carbocycles. The van der Waals surface area contributed by atoms with Crippen molar-refractivity contribution in [3.05, 3.63) is 66.9 Å². The number of nitrogens with zero attached hydrogens (tertiary/aromatic N) is 3. The minimum Gasteiger partial charge on any atom is -0.493 e. The Morgan fingerprint density at radius 3 is 2.70 bits per heavy atom. The second-order valence-electron chi connectivity index (χ2n) is 5.51. The zero-order valence-electron chi connectivity index (χ0n) is 14.6. The average Bonchev–Trinajstić information content (AvgIpc) is 3.39. The van der Waals surface area contributed by atoms with Crippen LogP contribution in [0.1, 0.15) is 16.3 Å². The van der Waals surface area contributed by atoms with Crippen molar-refractivity contribution in [1.82, 2.24) is 14.6 Å². The molecule has 4 aromatic rings. The van der Waals surface area contributed by atoms with Crippen molar-refractivity contribution < 1.29 is 9.47 Å². The average molecular weight is 397 g/mol. The van der Waals surface area contributed by atoms with Gasteiger partial charge in [-0.3, -0.25) is 4.79 Å². The molecule has 0 atom stereocenters. The van der Waals surface area contributed by atoms with Gasteiger partial charge in [0.1, 0.15) is 0 Å². The summed E-state index contributed by atoms with van der Waals surface area (Å²) >= 11 is 2.92. The maximum absolute atomic E-state index is 12.7. The topological polar surface area (TPSA) is 65.7 Å². The molecule has 0 saturated heterocycles. The molecule has 6 nitrogen and oxygen atoms in total. The number of thiazole rings is 1. The first-order valence-corrected chi connectivity index (χ1v) is 9.73. The number of benzene rings is 1. The zero-order chi connectivity index (χ0) is 18.8. The highest BCUT2D eigenvalue weighted by Crippen LogP contribution is 2.31. The second kappa shape index (κ2) is 7.34. The van der Waals surface area contributed by atoms with Gasteiger partial charge in [-0.2, -0.15) is 9.50 Å². The molecule has 0 amide bonds. The molecule has 3 aromatic heterocycles. The van der Waals surface area contributed by atoms with Crippen LogP contribution in [0.2, 0.25) is 0 Å². The van der Waals surface area contributed by atoms with E-state index in [1.165, 1.54) is 15.9 Å². The molecule has 0 bridgehead atoms. The predicted octanol–water partition coefficient (Wildman–Crippen LogP) is 2.95. The Kier molecular flexibility index (Phi) is 4.74. The Morgan fingerprint density at radius 1 is 1.11 bits per heavy atom. The summed E-state index contributed by atoms with van der Waals surface area (Å²) in [5.41, 5.74) is 0.555. The normalized spacial score (nSPS) is 12.3. The SMILES string of the molecule is COc1cccc(/C=c2\sc3nc(/C=C/c4cccs4)nn3c2=O)c1OC. The molecular weight excluding hydrogens is 382 g/mol. The van der Waals surface area contributed by atoms with E-state index in [2.05, 4.69) is 10.1 Å². The van der Waals surface area contributed by atoms with E-state index in [4.69, 9.17) is 9.47 Å². The summed E-state index contributed by atoms with van der Waals surface area (Å²) in [6.07, 6.45) is 5.51. The largest absolute Gasteiger partial charge is 0.493 e. The molecule has 0 spiro atoms. The number of aromatic nitrogens is 3. The van der Waals surface area contributed by atoms with E-state index in [1.54, 1.807) is 37.7 Å². The molecule has 3 heterocycles. The lowest BCUT2D eigenvalue weighted by Crippen LogP contribution is -2.23. The monoisotopic (exact) mass is 397 g/mol. The van der Waals surface area contributed by atoms with Crippen LogP contribution in [0.25, 0.3) is 23.2 Å². The van der Waals surface area contributed by atoms with Gasteiger partial charge in [-0.1, -0.05) is 29.5 Å². The van der Waals surface area contributed by atoms with Crippen LogP contribution >= 0.6 is 22.7 Å². The zero-order valence-corrected chi connectivity index (χ0v) is 16.2. The third-order valence-corrected chi connectivity index (χ3v) is 5.65. The van der Waals surface area contributed by atoms with Crippen molar-refractivity contribution in [1.29, 1.82) is 0 Å². The Balaban J connectivity index is 1.74. The van der Waals surface area contributed by atoms with E-state index in [-0.39, 0.29) is 5.56 Å². The highest BCUT2D eigenvalue weighted by molar-refractivity contribution is 7.15. The van der Waals surface area contributed by atoms with Gasteiger partial charge in [0.25, 0.3) is 5.56 Å². The van der Waals surface area contributed by atoms with Gasteiger partial charge in [0, 0.05) is 10.4 Å². The Hall–Kier alpha value is -2.97. The maximum Gasteiger partial charge on any atom is 0.291 e. The van der Waals surface area contributed by atoms with Crippen LogP contribution in [-0.2, 0) is 0 Å². The van der Waals surface area contributed by atoms with Crippen molar-refractivity contribution in [3.8, 4) is 11.5 Å². The maximum atomic E-state index is 12.7. The summed E-state index contributed by atoms with van der Waals surface area (Å²) < 4.78 is 12.6. The Morgan fingerprint density at radius 2 is 2.00 bits per heavy atom. The second-order valence-corrected chi connectivity index (χ2v) is 7.50. The minimum absolute atomic E-state index is 0.205. The van der Waals surface area contributed by atoms with Crippen molar-refractivity contribution in [2.75, 3.05) is 14.2 Å². The Labute approximate surface area is 162 Å². The molecule has 8 heteroatoms. The predicted molar refractivity (Wildman–Crippen MR) is 109 cm³/mol. The molecule has 0 radical (unpaired) electrons. The first kappa shape index (κ1) is 17.4. The fourth-order valence-electron chi connectivity index (χ4n) is 2.63. The fraction of sp³-hybridized carbons (Fsp3) is 0.105. The Bertz CT molecular complexity index is 1220. The van der Waals surface area contributed by atoms with Crippen LogP contribution in [0.15, 0.2) is 40.5 Å².